The van der Waals surface area contributed by atoms with Crippen LogP contribution in [-0.2, 0) is 9.84 Å². The number of anilines is 2. The number of H-pyrrole nitrogens is 1. The third-order valence-corrected chi connectivity index (χ3v) is 8.01. The van der Waals surface area contributed by atoms with Gasteiger partial charge in [-0.2, -0.15) is 5.10 Å². The van der Waals surface area contributed by atoms with Crippen LogP contribution in [0.2, 0.25) is 0 Å². The molecule has 2 heterocycles. The lowest BCUT2D eigenvalue weighted by molar-refractivity contribution is 0.309. The van der Waals surface area contributed by atoms with E-state index >= 15 is 0 Å². The van der Waals surface area contributed by atoms with Gasteiger partial charge >= 0.3 is 0 Å². The minimum atomic E-state index is -3.65. The van der Waals surface area contributed by atoms with Crippen LogP contribution in [0.3, 0.4) is 0 Å². The summed E-state index contributed by atoms with van der Waals surface area (Å²) in [5, 5.41) is 10.9. The van der Waals surface area contributed by atoms with Gasteiger partial charge < -0.3 is 10.1 Å². The van der Waals surface area contributed by atoms with E-state index in [-0.39, 0.29) is 4.90 Å². The minimum Gasteiger partial charge on any atom is -0.492 e. The molecule has 0 aliphatic rings. The smallest absolute Gasteiger partial charge is 0.186 e. The number of hydrogen-bond donors (Lipinski definition) is 2. The van der Waals surface area contributed by atoms with Gasteiger partial charge in [0, 0.05) is 17.0 Å². The number of halogens is 1. The van der Waals surface area contributed by atoms with Crippen molar-refractivity contribution in [1.29, 1.82) is 0 Å². The quantitative estimate of drug-likeness (QED) is 0.457. The van der Waals surface area contributed by atoms with Crippen molar-refractivity contribution in [1.82, 2.24) is 20.2 Å². The van der Waals surface area contributed by atoms with E-state index in [1.807, 2.05) is 13.8 Å². The van der Waals surface area contributed by atoms with E-state index in [4.69, 9.17) is 4.74 Å². The van der Waals surface area contributed by atoms with Crippen LogP contribution in [0, 0.1) is 10.6 Å². The Morgan fingerprint density at radius 1 is 1.21 bits per heavy atom. The Balaban J connectivity index is 2.21. The van der Waals surface area contributed by atoms with E-state index in [1.165, 1.54) is 6.33 Å². The molecule has 8 nitrogen and oxygen atoms in total. The van der Waals surface area contributed by atoms with Crippen molar-refractivity contribution in [2.75, 3.05) is 11.9 Å². The highest BCUT2D eigenvalue weighted by molar-refractivity contribution is 14.1. The van der Waals surface area contributed by atoms with Gasteiger partial charge in [0.15, 0.2) is 15.7 Å². The largest absolute Gasteiger partial charge is 0.492 e. The first-order valence-corrected chi connectivity index (χ1v) is 11.8. The van der Waals surface area contributed by atoms with E-state index in [0.717, 1.165) is 15.7 Å². The number of nitrogens with one attached hydrogen (secondary N) is 2. The number of benzene rings is 1. The molecule has 0 amide bonds. The predicted octanol–water partition coefficient (Wildman–Crippen LogP) is 4.37. The lowest BCUT2D eigenvalue weighted by atomic mass is 10.2. The van der Waals surface area contributed by atoms with Crippen molar-refractivity contribution in [2.24, 2.45) is 0 Å². The molecule has 0 aliphatic heterocycles. The summed E-state index contributed by atoms with van der Waals surface area (Å²) in [5.74, 6) is 1.42. The van der Waals surface area contributed by atoms with Gasteiger partial charge in [-0.15, -0.1) is 0 Å². The first-order chi connectivity index (χ1) is 13.6. The number of hydrogen-bond acceptors (Lipinski definition) is 7. The second-order valence-electron chi connectivity index (χ2n) is 7.64. The zero-order valence-electron chi connectivity index (χ0n) is 17.0. The molecule has 0 bridgehead atoms. The summed E-state index contributed by atoms with van der Waals surface area (Å²) in [6.45, 7) is 9.34. The molecule has 0 unspecified atom stereocenters. The summed E-state index contributed by atoms with van der Waals surface area (Å²) < 4.78 is 32.2. The highest BCUT2D eigenvalue weighted by Gasteiger charge is 2.34. The van der Waals surface area contributed by atoms with E-state index in [0.29, 0.717) is 34.9 Å². The summed E-state index contributed by atoms with van der Waals surface area (Å²) in [6, 6.07) is 3.26. The van der Waals surface area contributed by atoms with Crippen LogP contribution < -0.4 is 10.1 Å². The van der Waals surface area contributed by atoms with Crippen LogP contribution in [0.15, 0.2) is 23.4 Å². The Morgan fingerprint density at radius 2 is 1.93 bits per heavy atom. The van der Waals surface area contributed by atoms with Crippen molar-refractivity contribution in [3.05, 3.63) is 27.7 Å². The zero-order chi connectivity index (χ0) is 21.4. The second kappa shape index (κ2) is 8.05. The third-order valence-electron chi connectivity index (χ3n) is 4.45. The van der Waals surface area contributed by atoms with Crippen LogP contribution in [0.1, 0.15) is 39.7 Å². The Labute approximate surface area is 183 Å². The number of nitrogens with zero attached hydrogens (tertiary/aromatic N) is 3. The molecule has 3 rings (SSSR count). The standard InChI is InChI=1S/C19H24IN5O3S/c1-6-7-28-14-9-13-12(8-15(14)29(26,27)19(3,4)5)18(22-10-21-13)23-17-11(2)16(20)24-25-17/h8-10H,6-7H2,1-5H3,(H2,21,22,23,24,25). The SMILES string of the molecule is CCCOc1cc2ncnc(Nc3n[nH]c(I)c3C)c2cc1S(=O)(=O)C(C)(C)C. The normalized spacial score (nSPS) is 12.3. The lowest BCUT2D eigenvalue weighted by Crippen LogP contribution is -2.28. The van der Waals surface area contributed by atoms with Gasteiger partial charge in [-0.05, 0) is 62.8 Å². The average molecular weight is 529 g/mol. The first-order valence-electron chi connectivity index (χ1n) is 9.20. The van der Waals surface area contributed by atoms with Gasteiger partial charge in [0.1, 0.15) is 26.5 Å². The topological polar surface area (TPSA) is 110 Å². The third kappa shape index (κ3) is 4.18. The minimum absolute atomic E-state index is 0.136. The van der Waals surface area contributed by atoms with Gasteiger partial charge in [-0.25, -0.2) is 18.4 Å². The highest BCUT2D eigenvalue weighted by atomic mass is 127. The lowest BCUT2D eigenvalue weighted by Gasteiger charge is -2.22. The van der Waals surface area contributed by atoms with Crippen molar-refractivity contribution >= 4 is 55.0 Å². The second-order valence-corrected chi connectivity index (χ2v) is 11.4. The molecule has 2 N–H and O–H groups in total. The molecule has 0 fully saturated rings. The molecule has 0 saturated carbocycles. The van der Waals surface area contributed by atoms with Crippen molar-refractivity contribution < 1.29 is 13.2 Å². The summed E-state index contributed by atoms with van der Waals surface area (Å²) in [5.41, 5.74) is 1.53. The van der Waals surface area contributed by atoms with Crippen LogP contribution in [-0.4, -0.2) is 39.9 Å². The molecule has 0 aliphatic carbocycles. The number of ether oxygens (including phenoxy) is 1. The van der Waals surface area contributed by atoms with Gasteiger partial charge in [0.2, 0.25) is 0 Å². The Hall–Kier alpha value is -1.95. The maximum Gasteiger partial charge on any atom is 0.186 e. The summed E-state index contributed by atoms with van der Waals surface area (Å²) in [4.78, 5) is 8.76. The Kier molecular flexibility index (Phi) is 6.04. The number of fused-ring (bicyclic) bond motifs is 1. The zero-order valence-corrected chi connectivity index (χ0v) is 20.0. The fourth-order valence-corrected chi connectivity index (χ4v) is 4.33. The van der Waals surface area contributed by atoms with E-state index in [2.05, 4.69) is 48.1 Å². The first kappa shape index (κ1) is 21.8. The average Bonchev–Trinajstić information content (AvgIpc) is 2.97. The van der Waals surface area contributed by atoms with Gasteiger partial charge in [0.05, 0.1) is 16.9 Å². The van der Waals surface area contributed by atoms with Crippen molar-refractivity contribution in [2.45, 2.75) is 50.7 Å². The molecule has 0 saturated heterocycles. The molecule has 3 aromatic rings. The number of aromatic amines is 1. The summed E-state index contributed by atoms with van der Waals surface area (Å²) in [6.07, 6.45) is 2.19. The maximum atomic E-state index is 13.2. The Morgan fingerprint density at radius 3 is 2.52 bits per heavy atom. The molecule has 1 aromatic carbocycles. The van der Waals surface area contributed by atoms with Crippen LogP contribution in [0.4, 0.5) is 11.6 Å². The monoisotopic (exact) mass is 529 g/mol. The molecule has 29 heavy (non-hydrogen) atoms. The highest BCUT2D eigenvalue weighted by Crippen LogP contribution is 2.37. The summed E-state index contributed by atoms with van der Waals surface area (Å²) in [7, 11) is -3.65. The maximum absolute atomic E-state index is 13.2. The van der Waals surface area contributed by atoms with Crippen molar-refractivity contribution in [3.63, 3.8) is 0 Å². The summed E-state index contributed by atoms with van der Waals surface area (Å²) >= 11 is 2.16. The van der Waals surface area contributed by atoms with E-state index in [9.17, 15) is 8.42 Å². The predicted molar refractivity (Wildman–Crippen MR) is 122 cm³/mol. The number of sulfone groups is 1. The molecular formula is C19H24IN5O3S. The molecule has 156 valence electrons. The molecule has 2 aromatic heterocycles. The molecule has 0 spiro atoms. The van der Waals surface area contributed by atoms with Gasteiger partial charge in [0.25, 0.3) is 0 Å². The fourth-order valence-electron chi connectivity index (χ4n) is 2.64. The van der Waals surface area contributed by atoms with Crippen molar-refractivity contribution in [3.8, 4) is 5.75 Å². The molecular weight excluding hydrogens is 505 g/mol. The van der Waals surface area contributed by atoms with Crippen LogP contribution >= 0.6 is 22.6 Å². The fraction of sp³-hybridized carbons (Fsp3) is 0.421. The van der Waals surface area contributed by atoms with E-state index < -0.39 is 14.6 Å². The van der Waals surface area contributed by atoms with Crippen LogP contribution in [0.5, 0.6) is 5.75 Å². The van der Waals surface area contributed by atoms with Gasteiger partial charge in [-0.1, -0.05) is 6.92 Å². The molecule has 0 atom stereocenters. The van der Waals surface area contributed by atoms with Gasteiger partial charge in [-0.3, -0.25) is 5.10 Å². The number of aromatic nitrogens is 4. The number of rotatable bonds is 6. The molecule has 10 heteroatoms. The molecule has 0 radical (unpaired) electrons. The van der Waals surface area contributed by atoms with Crippen LogP contribution in [0.25, 0.3) is 10.9 Å². The Bertz CT molecular complexity index is 1150. The van der Waals surface area contributed by atoms with E-state index in [1.54, 1.807) is 32.9 Å².